The van der Waals surface area contributed by atoms with Crippen LogP contribution in [0.4, 0.5) is 0 Å². The Morgan fingerprint density at radius 1 is 1.35 bits per heavy atom. The summed E-state index contributed by atoms with van der Waals surface area (Å²) in [5.74, 6) is 2.49. The standard InChI is InChI=1S/C17H28N4OS/c1-17(2,3)15-13(11-18-19-15)12-21-6-4-5-14(21)16(22)20-7-9-23-10-8-20/h11,14H,4-10,12H2,1-3H3,(H,18,19)/t14-/m1/s1. The molecule has 0 saturated carbocycles. The van der Waals surface area contributed by atoms with Crippen LogP contribution in [0.2, 0.25) is 0 Å². The first-order valence-electron chi connectivity index (χ1n) is 8.60. The van der Waals surface area contributed by atoms with Crippen molar-refractivity contribution in [2.45, 2.75) is 51.6 Å². The van der Waals surface area contributed by atoms with E-state index in [1.807, 2.05) is 18.0 Å². The van der Waals surface area contributed by atoms with Crippen molar-refractivity contribution in [3.63, 3.8) is 0 Å². The van der Waals surface area contributed by atoms with E-state index in [1.54, 1.807) is 0 Å². The Balaban J connectivity index is 1.70. The maximum absolute atomic E-state index is 12.9. The molecule has 0 radical (unpaired) electrons. The lowest BCUT2D eigenvalue weighted by molar-refractivity contribution is -0.135. The molecule has 23 heavy (non-hydrogen) atoms. The van der Waals surface area contributed by atoms with Gasteiger partial charge in [0, 0.05) is 47.8 Å². The van der Waals surface area contributed by atoms with Crippen LogP contribution in [-0.4, -0.2) is 63.1 Å². The van der Waals surface area contributed by atoms with Crippen LogP contribution in [0.1, 0.15) is 44.9 Å². The number of nitrogens with one attached hydrogen (secondary N) is 1. The maximum Gasteiger partial charge on any atom is 0.239 e. The van der Waals surface area contributed by atoms with E-state index < -0.39 is 0 Å². The zero-order chi connectivity index (χ0) is 16.4. The van der Waals surface area contributed by atoms with Crippen LogP contribution in [0, 0.1) is 0 Å². The second-order valence-corrected chi connectivity index (χ2v) is 8.81. The number of nitrogens with zero attached hydrogens (tertiary/aromatic N) is 3. The van der Waals surface area contributed by atoms with E-state index in [1.165, 1.54) is 11.3 Å². The normalized spacial score (nSPS) is 23.4. The van der Waals surface area contributed by atoms with E-state index in [2.05, 4.69) is 40.8 Å². The molecule has 0 unspecified atom stereocenters. The Kier molecular flexibility index (Phi) is 5.01. The number of carbonyl (C=O) groups excluding carboxylic acids is 1. The quantitative estimate of drug-likeness (QED) is 0.920. The molecular weight excluding hydrogens is 308 g/mol. The Morgan fingerprint density at radius 2 is 2.09 bits per heavy atom. The highest BCUT2D eigenvalue weighted by Gasteiger charge is 2.35. The predicted molar refractivity (Wildman–Crippen MR) is 94.6 cm³/mol. The maximum atomic E-state index is 12.9. The van der Waals surface area contributed by atoms with E-state index >= 15 is 0 Å². The van der Waals surface area contributed by atoms with Gasteiger partial charge in [0.15, 0.2) is 0 Å². The molecule has 3 rings (SSSR count). The number of hydrogen-bond acceptors (Lipinski definition) is 4. The molecule has 128 valence electrons. The van der Waals surface area contributed by atoms with Crippen molar-refractivity contribution in [2.24, 2.45) is 0 Å². The Morgan fingerprint density at radius 3 is 2.78 bits per heavy atom. The molecule has 2 fully saturated rings. The van der Waals surface area contributed by atoms with Crippen molar-refractivity contribution in [3.8, 4) is 0 Å². The molecular formula is C17H28N4OS. The van der Waals surface area contributed by atoms with Gasteiger partial charge in [-0.3, -0.25) is 14.8 Å². The van der Waals surface area contributed by atoms with Crippen molar-refractivity contribution < 1.29 is 4.79 Å². The third kappa shape index (κ3) is 3.74. The van der Waals surface area contributed by atoms with Gasteiger partial charge < -0.3 is 4.90 Å². The number of thioether (sulfide) groups is 1. The molecule has 3 heterocycles. The van der Waals surface area contributed by atoms with Gasteiger partial charge in [0.05, 0.1) is 12.2 Å². The SMILES string of the molecule is CC(C)(C)c1[nH]ncc1CN1CCC[C@@H]1C(=O)N1CCSCC1. The van der Waals surface area contributed by atoms with Gasteiger partial charge >= 0.3 is 0 Å². The second kappa shape index (κ2) is 6.85. The second-order valence-electron chi connectivity index (χ2n) is 7.59. The lowest BCUT2D eigenvalue weighted by Gasteiger charge is -2.32. The van der Waals surface area contributed by atoms with E-state index in [0.29, 0.717) is 5.91 Å². The third-order valence-corrected chi connectivity index (χ3v) is 5.76. The van der Waals surface area contributed by atoms with Crippen LogP contribution in [0.15, 0.2) is 6.20 Å². The number of aromatic nitrogens is 2. The molecule has 1 aromatic heterocycles. The number of carbonyl (C=O) groups is 1. The summed E-state index contributed by atoms with van der Waals surface area (Å²) in [6.45, 7) is 10.2. The highest BCUT2D eigenvalue weighted by Crippen LogP contribution is 2.28. The van der Waals surface area contributed by atoms with E-state index in [4.69, 9.17) is 0 Å². The average molecular weight is 337 g/mol. The molecule has 2 saturated heterocycles. The van der Waals surface area contributed by atoms with Crippen LogP contribution in [0.3, 0.4) is 0 Å². The molecule has 1 amide bonds. The van der Waals surface area contributed by atoms with Gasteiger partial charge in [0.25, 0.3) is 0 Å². The first kappa shape index (κ1) is 16.8. The summed E-state index contributed by atoms with van der Waals surface area (Å²) in [5.41, 5.74) is 2.46. The van der Waals surface area contributed by atoms with Crippen molar-refractivity contribution in [1.29, 1.82) is 0 Å². The number of hydrogen-bond donors (Lipinski definition) is 1. The van der Waals surface area contributed by atoms with Crippen LogP contribution < -0.4 is 0 Å². The summed E-state index contributed by atoms with van der Waals surface area (Å²) in [6.07, 6.45) is 4.03. The third-order valence-electron chi connectivity index (χ3n) is 4.81. The van der Waals surface area contributed by atoms with E-state index in [0.717, 1.165) is 50.5 Å². The fourth-order valence-corrected chi connectivity index (χ4v) is 4.49. The highest BCUT2D eigenvalue weighted by atomic mass is 32.2. The number of aromatic amines is 1. The predicted octanol–water partition coefficient (Wildman–Crippen LogP) is 2.25. The van der Waals surface area contributed by atoms with Gasteiger partial charge in [-0.15, -0.1) is 0 Å². The molecule has 0 aromatic carbocycles. The van der Waals surface area contributed by atoms with E-state index in [9.17, 15) is 4.79 Å². The van der Waals surface area contributed by atoms with Gasteiger partial charge in [-0.25, -0.2) is 0 Å². The largest absolute Gasteiger partial charge is 0.340 e. The van der Waals surface area contributed by atoms with Crippen LogP contribution in [-0.2, 0) is 16.8 Å². The molecule has 1 atom stereocenters. The first-order chi connectivity index (χ1) is 11.0. The van der Waals surface area contributed by atoms with Crippen molar-refractivity contribution in [1.82, 2.24) is 20.0 Å². The Hall–Kier alpha value is -1.01. The summed E-state index contributed by atoms with van der Waals surface area (Å²) in [4.78, 5) is 17.3. The van der Waals surface area contributed by atoms with Crippen molar-refractivity contribution in [2.75, 3.05) is 31.1 Å². The van der Waals surface area contributed by atoms with Crippen LogP contribution >= 0.6 is 11.8 Å². The summed E-state index contributed by atoms with van der Waals surface area (Å²) in [6, 6.07) is 0.0563. The Bertz CT molecular complexity index is 545. The molecule has 2 aliphatic rings. The number of likely N-dealkylation sites (tertiary alicyclic amines) is 1. The smallest absolute Gasteiger partial charge is 0.239 e. The minimum absolute atomic E-state index is 0.0508. The summed E-state index contributed by atoms with van der Waals surface area (Å²) < 4.78 is 0. The topological polar surface area (TPSA) is 52.2 Å². The molecule has 0 bridgehead atoms. The highest BCUT2D eigenvalue weighted by molar-refractivity contribution is 7.99. The van der Waals surface area contributed by atoms with Gasteiger partial charge in [-0.1, -0.05) is 20.8 Å². The zero-order valence-corrected chi connectivity index (χ0v) is 15.3. The molecule has 1 N–H and O–H groups in total. The minimum atomic E-state index is 0.0508. The lowest BCUT2D eigenvalue weighted by atomic mass is 9.89. The first-order valence-corrected chi connectivity index (χ1v) is 9.75. The van der Waals surface area contributed by atoms with Gasteiger partial charge in [0.2, 0.25) is 5.91 Å². The van der Waals surface area contributed by atoms with E-state index in [-0.39, 0.29) is 11.5 Å². The molecule has 1 aromatic rings. The summed E-state index contributed by atoms with van der Waals surface area (Å²) >= 11 is 1.95. The molecule has 0 spiro atoms. The van der Waals surface area contributed by atoms with Gasteiger partial charge in [-0.05, 0) is 19.4 Å². The van der Waals surface area contributed by atoms with Crippen LogP contribution in [0.5, 0.6) is 0 Å². The van der Waals surface area contributed by atoms with Crippen molar-refractivity contribution >= 4 is 17.7 Å². The van der Waals surface area contributed by atoms with Gasteiger partial charge in [-0.2, -0.15) is 16.9 Å². The summed E-state index contributed by atoms with van der Waals surface area (Å²) in [5, 5.41) is 7.39. The minimum Gasteiger partial charge on any atom is -0.340 e. The number of rotatable bonds is 3. The molecule has 2 aliphatic heterocycles. The molecule has 0 aliphatic carbocycles. The monoisotopic (exact) mass is 336 g/mol. The summed E-state index contributed by atoms with van der Waals surface area (Å²) in [7, 11) is 0. The molecule has 6 heteroatoms. The zero-order valence-electron chi connectivity index (χ0n) is 14.5. The fraction of sp³-hybridized carbons (Fsp3) is 0.765. The fourth-order valence-electron chi connectivity index (χ4n) is 3.59. The number of amides is 1. The lowest BCUT2D eigenvalue weighted by Crippen LogP contribution is -2.48. The van der Waals surface area contributed by atoms with Gasteiger partial charge in [0.1, 0.15) is 0 Å². The van der Waals surface area contributed by atoms with Crippen LogP contribution in [0.25, 0.3) is 0 Å². The Labute approximate surface area is 143 Å². The number of H-pyrrole nitrogens is 1. The molecule has 5 nitrogen and oxygen atoms in total. The van der Waals surface area contributed by atoms with Crippen molar-refractivity contribution in [3.05, 3.63) is 17.5 Å². The average Bonchev–Trinajstić information content (AvgIpc) is 3.16.